The first-order valence-corrected chi connectivity index (χ1v) is 5.92. The van der Waals surface area contributed by atoms with Gasteiger partial charge in [-0.25, -0.2) is 4.98 Å². The maximum Gasteiger partial charge on any atom is 0.128 e. The minimum absolute atomic E-state index is 0.755. The van der Waals surface area contributed by atoms with Gasteiger partial charge in [-0.05, 0) is 32.0 Å². The first-order chi connectivity index (χ1) is 8.24. The van der Waals surface area contributed by atoms with Gasteiger partial charge in [-0.2, -0.15) is 0 Å². The molecule has 0 aliphatic carbocycles. The van der Waals surface area contributed by atoms with Crippen molar-refractivity contribution < 1.29 is 0 Å². The third-order valence-corrected chi connectivity index (χ3v) is 2.58. The number of rotatable bonds is 4. The summed E-state index contributed by atoms with van der Waals surface area (Å²) >= 11 is 0. The van der Waals surface area contributed by atoms with Crippen LogP contribution in [0.1, 0.15) is 13.8 Å². The van der Waals surface area contributed by atoms with Gasteiger partial charge < -0.3 is 16.4 Å². The molecule has 17 heavy (non-hydrogen) atoms. The van der Waals surface area contributed by atoms with Crippen LogP contribution >= 0.6 is 0 Å². The highest BCUT2D eigenvalue weighted by atomic mass is 15.0. The van der Waals surface area contributed by atoms with Crippen molar-refractivity contribution in [1.29, 1.82) is 0 Å². The fourth-order valence-electron chi connectivity index (χ4n) is 1.84. The van der Waals surface area contributed by atoms with Gasteiger partial charge in [0.15, 0.2) is 0 Å². The van der Waals surface area contributed by atoms with Gasteiger partial charge in [0.25, 0.3) is 0 Å². The van der Waals surface area contributed by atoms with E-state index in [0.29, 0.717) is 0 Å². The number of aromatic nitrogens is 1. The van der Waals surface area contributed by atoms with E-state index in [0.717, 1.165) is 41.2 Å². The molecule has 4 N–H and O–H groups in total. The van der Waals surface area contributed by atoms with Crippen molar-refractivity contribution in [3.63, 3.8) is 0 Å². The van der Waals surface area contributed by atoms with Crippen molar-refractivity contribution in [3.8, 4) is 0 Å². The van der Waals surface area contributed by atoms with Gasteiger partial charge in [0, 0.05) is 35.9 Å². The van der Waals surface area contributed by atoms with Crippen LogP contribution in [-0.4, -0.2) is 18.1 Å². The average molecular weight is 230 g/mol. The fraction of sp³-hybridized carbons (Fsp3) is 0.308. The van der Waals surface area contributed by atoms with E-state index < -0.39 is 0 Å². The molecule has 1 aromatic heterocycles. The van der Waals surface area contributed by atoms with Crippen molar-refractivity contribution >= 4 is 28.1 Å². The first kappa shape index (κ1) is 11.5. The lowest BCUT2D eigenvalue weighted by molar-refractivity contribution is 1.17. The molecule has 90 valence electrons. The average Bonchev–Trinajstić information content (AvgIpc) is 2.31. The van der Waals surface area contributed by atoms with E-state index >= 15 is 0 Å². The van der Waals surface area contributed by atoms with Gasteiger partial charge in [-0.1, -0.05) is 0 Å². The molecular formula is C13H18N4. The summed E-state index contributed by atoms with van der Waals surface area (Å²) in [5.41, 5.74) is 8.79. The summed E-state index contributed by atoms with van der Waals surface area (Å²) in [4.78, 5) is 4.51. The summed E-state index contributed by atoms with van der Waals surface area (Å²) in [7, 11) is 0. The van der Waals surface area contributed by atoms with Gasteiger partial charge in [-0.3, -0.25) is 0 Å². The zero-order chi connectivity index (χ0) is 12.3. The quantitative estimate of drug-likeness (QED) is 0.755. The van der Waals surface area contributed by atoms with Crippen molar-refractivity contribution in [2.75, 3.05) is 29.5 Å². The van der Waals surface area contributed by atoms with Gasteiger partial charge in [0.2, 0.25) is 0 Å². The lowest BCUT2D eigenvalue weighted by atomic mass is 10.1. The number of nitrogens with two attached hydrogens (primary N) is 1. The normalized spacial score (nSPS) is 10.5. The second-order valence-electron chi connectivity index (χ2n) is 3.89. The number of pyridine rings is 1. The Morgan fingerprint density at radius 2 is 1.88 bits per heavy atom. The molecular weight excluding hydrogens is 212 g/mol. The number of fused-ring (bicyclic) bond motifs is 1. The van der Waals surface area contributed by atoms with Crippen LogP contribution in [0.25, 0.3) is 10.9 Å². The Balaban J connectivity index is 2.48. The molecule has 0 saturated heterocycles. The summed E-state index contributed by atoms with van der Waals surface area (Å²) in [5, 5.41) is 7.43. The second kappa shape index (κ2) is 4.91. The summed E-state index contributed by atoms with van der Waals surface area (Å²) in [6.07, 6.45) is 0. The monoisotopic (exact) mass is 230 g/mol. The molecule has 0 spiro atoms. The van der Waals surface area contributed by atoms with Crippen molar-refractivity contribution in [3.05, 3.63) is 24.3 Å². The molecule has 0 saturated carbocycles. The zero-order valence-electron chi connectivity index (χ0n) is 10.2. The van der Waals surface area contributed by atoms with Gasteiger partial charge in [0.05, 0.1) is 5.52 Å². The predicted molar refractivity (Wildman–Crippen MR) is 74.5 cm³/mol. The lowest BCUT2D eigenvalue weighted by Crippen LogP contribution is -2.02. The standard InChI is InChI=1S/C13H18N4/c1-3-15-9-5-6-12-10(7-9)11(14)8-13(17-12)16-4-2/h5-8,15H,3-4H2,1-2H3,(H3,14,16,17). The van der Waals surface area contributed by atoms with Gasteiger partial charge in [0.1, 0.15) is 5.82 Å². The van der Waals surface area contributed by atoms with Crippen molar-refractivity contribution in [1.82, 2.24) is 4.98 Å². The molecule has 1 aromatic carbocycles. The Morgan fingerprint density at radius 3 is 2.59 bits per heavy atom. The Morgan fingerprint density at radius 1 is 1.12 bits per heavy atom. The highest BCUT2D eigenvalue weighted by molar-refractivity contribution is 5.94. The summed E-state index contributed by atoms with van der Waals surface area (Å²) in [5.74, 6) is 0.828. The van der Waals surface area contributed by atoms with Crippen LogP contribution in [0.3, 0.4) is 0 Å². The molecule has 0 unspecified atom stereocenters. The number of hydrogen-bond acceptors (Lipinski definition) is 4. The molecule has 4 heteroatoms. The first-order valence-electron chi connectivity index (χ1n) is 5.92. The Kier molecular flexibility index (Phi) is 3.32. The molecule has 0 aliphatic heterocycles. The summed E-state index contributed by atoms with van der Waals surface area (Å²) in [6, 6.07) is 7.93. The maximum atomic E-state index is 6.04. The SMILES string of the molecule is CCNc1ccc2nc(NCC)cc(N)c2c1. The fourth-order valence-corrected chi connectivity index (χ4v) is 1.84. The summed E-state index contributed by atoms with van der Waals surface area (Å²) < 4.78 is 0. The highest BCUT2D eigenvalue weighted by Crippen LogP contribution is 2.25. The van der Waals surface area contributed by atoms with E-state index in [1.54, 1.807) is 0 Å². The number of hydrogen-bond donors (Lipinski definition) is 3. The number of benzene rings is 1. The number of nitrogens with zero attached hydrogens (tertiary/aromatic N) is 1. The van der Waals surface area contributed by atoms with Crippen LogP contribution in [0.4, 0.5) is 17.2 Å². The zero-order valence-corrected chi connectivity index (χ0v) is 10.2. The third-order valence-electron chi connectivity index (χ3n) is 2.58. The van der Waals surface area contributed by atoms with Crippen molar-refractivity contribution in [2.24, 2.45) is 0 Å². The molecule has 0 aliphatic rings. The molecule has 2 aromatic rings. The second-order valence-corrected chi connectivity index (χ2v) is 3.89. The topological polar surface area (TPSA) is 63.0 Å². The molecule has 2 rings (SSSR count). The number of nitrogens with one attached hydrogen (secondary N) is 2. The largest absolute Gasteiger partial charge is 0.398 e. The number of nitrogen functional groups attached to an aromatic ring is 1. The van der Waals surface area contributed by atoms with E-state index in [4.69, 9.17) is 5.73 Å². The maximum absolute atomic E-state index is 6.04. The predicted octanol–water partition coefficient (Wildman–Crippen LogP) is 2.68. The molecule has 0 bridgehead atoms. The van der Waals surface area contributed by atoms with Crippen LogP contribution in [0.2, 0.25) is 0 Å². The van der Waals surface area contributed by atoms with Gasteiger partial charge in [-0.15, -0.1) is 0 Å². The van der Waals surface area contributed by atoms with Crippen LogP contribution in [0.15, 0.2) is 24.3 Å². The highest BCUT2D eigenvalue weighted by Gasteiger charge is 2.03. The van der Waals surface area contributed by atoms with E-state index in [9.17, 15) is 0 Å². The summed E-state index contributed by atoms with van der Waals surface area (Å²) in [6.45, 7) is 5.85. The Hall–Kier alpha value is -1.97. The lowest BCUT2D eigenvalue weighted by Gasteiger charge is -2.09. The van der Waals surface area contributed by atoms with E-state index in [1.807, 2.05) is 31.2 Å². The van der Waals surface area contributed by atoms with Crippen LogP contribution in [0.5, 0.6) is 0 Å². The molecule has 0 fully saturated rings. The van der Waals surface area contributed by atoms with E-state index in [2.05, 4.69) is 22.5 Å². The smallest absolute Gasteiger partial charge is 0.128 e. The molecule has 0 radical (unpaired) electrons. The van der Waals surface area contributed by atoms with Gasteiger partial charge >= 0.3 is 0 Å². The molecule has 0 atom stereocenters. The minimum atomic E-state index is 0.755. The van der Waals surface area contributed by atoms with Crippen molar-refractivity contribution in [2.45, 2.75) is 13.8 Å². The van der Waals surface area contributed by atoms with Crippen LogP contribution in [-0.2, 0) is 0 Å². The van der Waals surface area contributed by atoms with E-state index in [1.165, 1.54) is 0 Å². The third kappa shape index (κ3) is 2.41. The number of anilines is 3. The van der Waals surface area contributed by atoms with Crippen LogP contribution < -0.4 is 16.4 Å². The minimum Gasteiger partial charge on any atom is -0.398 e. The Bertz CT molecular complexity index is 522. The molecule has 4 nitrogen and oxygen atoms in total. The Labute approximate surface area is 101 Å². The molecule has 0 amide bonds. The van der Waals surface area contributed by atoms with Crippen LogP contribution in [0, 0.1) is 0 Å². The molecule has 1 heterocycles. The van der Waals surface area contributed by atoms with E-state index in [-0.39, 0.29) is 0 Å².